The fraction of sp³-hybridized carbons (Fsp3) is 0.812. The van der Waals surface area contributed by atoms with E-state index in [9.17, 15) is 14.4 Å². The smallest absolute Gasteiger partial charge is 0.303 e. The van der Waals surface area contributed by atoms with Gasteiger partial charge in [0.1, 0.15) is 17.8 Å². The highest BCUT2D eigenvalue weighted by atomic mass is 16.6. The second-order valence-electron chi connectivity index (χ2n) is 6.92. The fourth-order valence-electron chi connectivity index (χ4n) is 5.00. The Morgan fingerprint density at radius 3 is 1.82 bits per heavy atom. The molecule has 0 N–H and O–H groups in total. The van der Waals surface area contributed by atoms with Crippen LogP contribution in [-0.2, 0) is 28.6 Å². The van der Waals surface area contributed by atoms with Crippen molar-refractivity contribution in [3.05, 3.63) is 0 Å². The van der Waals surface area contributed by atoms with Crippen molar-refractivity contribution in [2.45, 2.75) is 64.3 Å². The van der Waals surface area contributed by atoms with Gasteiger partial charge < -0.3 is 14.2 Å². The van der Waals surface area contributed by atoms with Crippen LogP contribution in [0.5, 0.6) is 0 Å². The van der Waals surface area contributed by atoms with E-state index >= 15 is 0 Å². The second-order valence-corrected chi connectivity index (χ2v) is 6.92. The zero-order chi connectivity index (χ0) is 16.1. The minimum atomic E-state index is -0.745. The van der Waals surface area contributed by atoms with E-state index in [1.54, 1.807) is 0 Å². The normalized spacial score (nSPS) is 41.9. The SMILES string of the molecule is CC(=O)OC1[C@@H]2CC3C[C@H]1CC(OC(C)=O)(C2)C3OC(C)=O. The van der Waals surface area contributed by atoms with Gasteiger partial charge in [0.15, 0.2) is 0 Å². The molecule has 0 amide bonds. The molecule has 6 atom stereocenters. The molecule has 0 spiro atoms. The summed E-state index contributed by atoms with van der Waals surface area (Å²) in [6, 6.07) is 0. The maximum Gasteiger partial charge on any atom is 0.303 e. The average molecular weight is 310 g/mol. The van der Waals surface area contributed by atoms with E-state index in [0.29, 0.717) is 12.8 Å². The third-order valence-corrected chi connectivity index (χ3v) is 5.24. The van der Waals surface area contributed by atoms with Gasteiger partial charge in [0.2, 0.25) is 0 Å². The monoisotopic (exact) mass is 310 g/mol. The van der Waals surface area contributed by atoms with Crippen molar-refractivity contribution in [3.8, 4) is 0 Å². The van der Waals surface area contributed by atoms with Crippen molar-refractivity contribution < 1.29 is 28.6 Å². The Bertz CT molecular complexity index is 497. The van der Waals surface area contributed by atoms with Crippen LogP contribution in [-0.4, -0.2) is 35.7 Å². The maximum absolute atomic E-state index is 11.6. The molecule has 0 aromatic rings. The first-order valence-corrected chi connectivity index (χ1v) is 7.85. The van der Waals surface area contributed by atoms with Crippen molar-refractivity contribution in [2.75, 3.05) is 0 Å². The molecule has 6 nitrogen and oxygen atoms in total. The summed E-state index contributed by atoms with van der Waals surface area (Å²) in [4.78, 5) is 34.3. The number of carbonyl (C=O) groups is 3. The summed E-state index contributed by atoms with van der Waals surface area (Å²) in [7, 11) is 0. The molecule has 4 saturated carbocycles. The molecule has 4 unspecified atom stereocenters. The van der Waals surface area contributed by atoms with Crippen molar-refractivity contribution in [2.24, 2.45) is 17.8 Å². The molecule has 0 aliphatic heterocycles. The van der Waals surface area contributed by atoms with Crippen molar-refractivity contribution in [1.29, 1.82) is 0 Å². The largest absolute Gasteiger partial charge is 0.462 e. The highest BCUT2D eigenvalue weighted by Gasteiger charge is 2.64. The van der Waals surface area contributed by atoms with Crippen LogP contribution in [0.15, 0.2) is 0 Å². The number of rotatable bonds is 3. The fourth-order valence-corrected chi connectivity index (χ4v) is 5.00. The summed E-state index contributed by atoms with van der Waals surface area (Å²) in [6.45, 7) is 4.19. The zero-order valence-corrected chi connectivity index (χ0v) is 13.2. The molecule has 22 heavy (non-hydrogen) atoms. The molecular weight excluding hydrogens is 288 g/mol. The number of esters is 3. The number of ether oxygens (including phenoxy) is 3. The predicted molar refractivity (Wildman–Crippen MR) is 74.5 cm³/mol. The van der Waals surface area contributed by atoms with Gasteiger partial charge in [-0.15, -0.1) is 0 Å². The lowest BCUT2D eigenvalue weighted by Crippen LogP contribution is -2.67. The molecule has 0 aromatic heterocycles. The van der Waals surface area contributed by atoms with E-state index < -0.39 is 5.60 Å². The van der Waals surface area contributed by atoms with Gasteiger partial charge in [0.05, 0.1) is 0 Å². The second kappa shape index (κ2) is 5.25. The number of carbonyl (C=O) groups excluding carboxylic acids is 3. The van der Waals surface area contributed by atoms with Gasteiger partial charge in [-0.3, -0.25) is 14.4 Å². The van der Waals surface area contributed by atoms with E-state index in [2.05, 4.69) is 0 Å². The Hall–Kier alpha value is -1.59. The molecule has 0 heterocycles. The van der Waals surface area contributed by atoms with Gasteiger partial charge in [0.25, 0.3) is 0 Å². The minimum absolute atomic E-state index is 0.101. The molecule has 122 valence electrons. The highest BCUT2D eigenvalue weighted by molar-refractivity contribution is 5.68. The molecule has 4 bridgehead atoms. The first kappa shape index (κ1) is 15.3. The molecule has 0 saturated heterocycles. The lowest BCUT2D eigenvalue weighted by Gasteiger charge is -2.60. The van der Waals surface area contributed by atoms with Gasteiger partial charge in [-0.25, -0.2) is 0 Å². The Morgan fingerprint density at radius 2 is 1.36 bits per heavy atom. The molecule has 4 aliphatic carbocycles. The molecular formula is C16H22O6. The summed E-state index contributed by atoms with van der Waals surface area (Å²) >= 11 is 0. The van der Waals surface area contributed by atoms with Crippen LogP contribution < -0.4 is 0 Å². The summed E-state index contributed by atoms with van der Waals surface area (Å²) < 4.78 is 16.7. The van der Waals surface area contributed by atoms with E-state index in [-0.39, 0.29) is 47.9 Å². The Morgan fingerprint density at radius 1 is 0.818 bits per heavy atom. The molecule has 6 heteroatoms. The molecule has 4 rings (SSSR count). The predicted octanol–water partition coefficient (Wildman–Crippen LogP) is 1.60. The molecule has 4 aliphatic rings. The quantitative estimate of drug-likeness (QED) is 0.582. The van der Waals surface area contributed by atoms with Gasteiger partial charge in [0, 0.05) is 38.5 Å². The highest BCUT2D eigenvalue weighted by Crippen LogP contribution is 2.59. The number of hydrogen-bond acceptors (Lipinski definition) is 6. The van der Waals surface area contributed by atoms with Gasteiger partial charge in [-0.1, -0.05) is 0 Å². The van der Waals surface area contributed by atoms with Gasteiger partial charge in [-0.2, -0.15) is 0 Å². The lowest BCUT2D eigenvalue weighted by molar-refractivity contribution is -0.257. The minimum Gasteiger partial charge on any atom is -0.462 e. The zero-order valence-electron chi connectivity index (χ0n) is 13.2. The standard InChI is InChI=1S/C16H22O6/c1-8(17)20-14-12-4-11-5-13(14)7-16(6-12,22-10(3)19)15(11)21-9(2)18/h11-15H,4-7H2,1-3H3/t11?,12-,13+,14?,15?,16?. The van der Waals surface area contributed by atoms with Crippen LogP contribution in [0.4, 0.5) is 0 Å². The van der Waals surface area contributed by atoms with Gasteiger partial charge in [-0.05, 0) is 25.7 Å². The Labute approximate surface area is 129 Å². The Balaban J connectivity index is 1.87. The van der Waals surface area contributed by atoms with Crippen LogP contribution in [0.1, 0.15) is 46.5 Å². The summed E-state index contributed by atoms with van der Waals surface area (Å²) in [5.41, 5.74) is -0.745. The molecule has 0 aromatic carbocycles. The molecule has 0 radical (unpaired) electrons. The number of hydrogen-bond donors (Lipinski definition) is 0. The Kier molecular flexibility index (Phi) is 3.65. The van der Waals surface area contributed by atoms with Crippen LogP contribution >= 0.6 is 0 Å². The maximum atomic E-state index is 11.6. The van der Waals surface area contributed by atoms with Gasteiger partial charge >= 0.3 is 17.9 Å². The topological polar surface area (TPSA) is 78.9 Å². The van der Waals surface area contributed by atoms with E-state index in [1.165, 1.54) is 20.8 Å². The van der Waals surface area contributed by atoms with Crippen LogP contribution in [0.2, 0.25) is 0 Å². The van der Waals surface area contributed by atoms with E-state index in [1.807, 2.05) is 0 Å². The average Bonchev–Trinajstić information content (AvgIpc) is 2.34. The third kappa shape index (κ3) is 2.48. The van der Waals surface area contributed by atoms with Crippen LogP contribution in [0.25, 0.3) is 0 Å². The summed E-state index contributed by atoms with van der Waals surface area (Å²) in [5.74, 6) is -0.452. The summed E-state index contributed by atoms with van der Waals surface area (Å²) in [5, 5.41) is 0. The van der Waals surface area contributed by atoms with Crippen molar-refractivity contribution in [3.63, 3.8) is 0 Å². The van der Waals surface area contributed by atoms with E-state index in [0.717, 1.165) is 12.8 Å². The van der Waals surface area contributed by atoms with Crippen LogP contribution in [0.3, 0.4) is 0 Å². The first-order chi connectivity index (χ1) is 10.3. The van der Waals surface area contributed by atoms with Crippen molar-refractivity contribution in [1.82, 2.24) is 0 Å². The lowest BCUT2D eigenvalue weighted by atomic mass is 9.51. The van der Waals surface area contributed by atoms with E-state index in [4.69, 9.17) is 14.2 Å². The van der Waals surface area contributed by atoms with Crippen molar-refractivity contribution >= 4 is 17.9 Å². The van der Waals surface area contributed by atoms with Crippen LogP contribution in [0, 0.1) is 17.8 Å². The first-order valence-electron chi connectivity index (χ1n) is 7.85. The third-order valence-electron chi connectivity index (χ3n) is 5.24. The molecule has 4 fully saturated rings. The summed E-state index contributed by atoms with van der Waals surface area (Å²) in [6.07, 6.45) is 2.39.